The van der Waals surface area contributed by atoms with E-state index in [1.54, 1.807) is 0 Å². The molecule has 1 atom stereocenters. The van der Waals surface area contributed by atoms with E-state index >= 15 is 0 Å². The number of aromatic nitrogens is 1. The zero-order chi connectivity index (χ0) is 15.6. The summed E-state index contributed by atoms with van der Waals surface area (Å²) in [5.41, 5.74) is 4.33. The highest BCUT2D eigenvalue weighted by molar-refractivity contribution is 5.48. The van der Waals surface area contributed by atoms with Crippen LogP contribution < -0.4 is 11.1 Å². The molecular weight excluding hydrogens is 271 g/mol. The Morgan fingerprint density at radius 3 is 2.35 bits per heavy atom. The summed E-state index contributed by atoms with van der Waals surface area (Å²) in [5, 5.41) is 12.0. The van der Waals surface area contributed by atoms with Crippen molar-refractivity contribution < 1.29 is 18.3 Å². The molecule has 0 spiro atoms. The van der Waals surface area contributed by atoms with Gasteiger partial charge in [-0.1, -0.05) is 20.8 Å². The number of nitrogens with two attached hydrogens (primary N) is 1. The molecule has 4 N–H and O–H groups in total. The van der Waals surface area contributed by atoms with Crippen molar-refractivity contribution in [2.45, 2.75) is 39.4 Å². The van der Waals surface area contributed by atoms with Gasteiger partial charge in [-0.2, -0.15) is 13.2 Å². The maximum absolute atomic E-state index is 12.7. The summed E-state index contributed by atoms with van der Waals surface area (Å²) >= 11 is 0. The maximum Gasteiger partial charge on any atom is 0.416 e. The van der Waals surface area contributed by atoms with Gasteiger partial charge in [0.05, 0.1) is 5.56 Å². The summed E-state index contributed by atoms with van der Waals surface area (Å²) in [6.07, 6.45) is -4.07. The van der Waals surface area contributed by atoms with Crippen LogP contribution in [0, 0.1) is 5.41 Å². The van der Waals surface area contributed by atoms with Crippen molar-refractivity contribution in [3.8, 4) is 0 Å². The Kier molecular flexibility index (Phi) is 4.86. The predicted molar refractivity (Wildman–Crippen MR) is 72.2 cm³/mol. The first-order valence-corrected chi connectivity index (χ1v) is 6.26. The topological polar surface area (TPSA) is 71.2 Å². The minimum atomic E-state index is -4.47. The molecule has 0 aliphatic heterocycles. The Morgan fingerprint density at radius 2 is 1.90 bits per heavy atom. The fourth-order valence-corrected chi connectivity index (χ4v) is 1.82. The third-order valence-corrected chi connectivity index (χ3v) is 2.96. The van der Waals surface area contributed by atoms with E-state index in [9.17, 15) is 13.2 Å². The lowest BCUT2D eigenvalue weighted by Gasteiger charge is -2.31. The van der Waals surface area contributed by atoms with E-state index in [4.69, 9.17) is 10.8 Å². The molecule has 114 valence electrons. The van der Waals surface area contributed by atoms with E-state index in [1.165, 1.54) is 0 Å². The van der Waals surface area contributed by atoms with Gasteiger partial charge < -0.3 is 16.2 Å². The second-order valence-electron chi connectivity index (χ2n) is 5.74. The minimum absolute atomic E-state index is 0.0608. The molecule has 0 bridgehead atoms. The van der Waals surface area contributed by atoms with Gasteiger partial charge in [0.2, 0.25) is 0 Å². The Morgan fingerprint density at radius 1 is 1.30 bits per heavy atom. The number of nitrogen functional groups attached to an aromatic ring is 1. The van der Waals surface area contributed by atoms with Crippen LogP contribution in [0.2, 0.25) is 0 Å². The first kappa shape index (κ1) is 16.6. The number of anilines is 2. The molecule has 0 saturated heterocycles. The van der Waals surface area contributed by atoms with E-state index in [-0.39, 0.29) is 29.7 Å². The largest absolute Gasteiger partial charge is 0.416 e. The van der Waals surface area contributed by atoms with Crippen molar-refractivity contribution in [1.82, 2.24) is 4.98 Å². The normalized spacial score (nSPS) is 14.2. The number of nitrogens with zero attached hydrogens (tertiary/aromatic N) is 1. The lowest BCUT2D eigenvalue weighted by molar-refractivity contribution is -0.137. The highest BCUT2D eigenvalue weighted by Crippen LogP contribution is 2.32. The molecular formula is C13H20F3N3O. The molecule has 7 heteroatoms. The molecule has 20 heavy (non-hydrogen) atoms. The summed E-state index contributed by atoms with van der Waals surface area (Å²) in [7, 11) is 0. The van der Waals surface area contributed by atoms with Crippen LogP contribution in [-0.2, 0) is 6.18 Å². The number of nitrogens with one attached hydrogen (secondary N) is 1. The van der Waals surface area contributed by atoms with Gasteiger partial charge in [0, 0.05) is 12.6 Å². The highest BCUT2D eigenvalue weighted by Gasteiger charge is 2.32. The van der Waals surface area contributed by atoms with Crippen molar-refractivity contribution in [2.75, 3.05) is 17.7 Å². The zero-order valence-electron chi connectivity index (χ0n) is 11.8. The third-order valence-electron chi connectivity index (χ3n) is 2.96. The van der Waals surface area contributed by atoms with E-state index in [2.05, 4.69) is 10.3 Å². The first-order valence-electron chi connectivity index (χ1n) is 6.26. The number of aliphatic hydroxyl groups excluding tert-OH is 1. The summed E-state index contributed by atoms with van der Waals surface area (Å²) < 4.78 is 38.1. The van der Waals surface area contributed by atoms with Crippen LogP contribution in [0.3, 0.4) is 0 Å². The van der Waals surface area contributed by atoms with Crippen molar-refractivity contribution in [3.63, 3.8) is 0 Å². The molecule has 1 unspecified atom stereocenters. The van der Waals surface area contributed by atoms with E-state index < -0.39 is 11.7 Å². The van der Waals surface area contributed by atoms with Crippen molar-refractivity contribution in [2.24, 2.45) is 5.41 Å². The molecule has 1 rings (SSSR count). The van der Waals surface area contributed by atoms with Crippen LogP contribution in [0.25, 0.3) is 0 Å². The third kappa shape index (κ3) is 4.56. The Bertz CT molecular complexity index is 455. The molecule has 1 aromatic rings. The zero-order valence-corrected chi connectivity index (χ0v) is 11.8. The van der Waals surface area contributed by atoms with E-state index in [0.29, 0.717) is 6.42 Å². The second-order valence-corrected chi connectivity index (χ2v) is 5.74. The second kappa shape index (κ2) is 5.87. The summed E-state index contributed by atoms with van der Waals surface area (Å²) in [6, 6.07) is 1.50. The highest BCUT2D eigenvalue weighted by atomic mass is 19.4. The fraction of sp³-hybridized carbons (Fsp3) is 0.615. The van der Waals surface area contributed by atoms with Crippen LogP contribution >= 0.6 is 0 Å². The summed E-state index contributed by atoms with van der Waals surface area (Å²) in [4.78, 5) is 3.87. The molecule has 0 aliphatic carbocycles. The SMILES string of the molecule is CC(C)(C)C(CCO)Nc1cc(C(F)(F)F)cc(N)n1. The van der Waals surface area contributed by atoms with Gasteiger partial charge in [0.15, 0.2) is 0 Å². The van der Waals surface area contributed by atoms with Gasteiger partial charge >= 0.3 is 6.18 Å². The number of pyridine rings is 1. The fourth-order valence-electron chi connectivity index (χ4n) is 1.82. The van der Waals surface area contributed by atoms with Crippen LogP contribution in [0.15, 0.2) is 12.1 Å². The quantitative estimate of drug-likeness (QED) is 0.797. The number of hydrogen-bond acceptors (Lipinski definition) is 4. The van der Waals surface area contributed by atoms with Crippen LogP contribution in [0.5, 0.6) is 0 Å². The number of halogens is 3. The maximum atomic E-state index is 12.7. The number of hydrogen-bond donors (Lipinski definition) is 3. The lowest BCUT2D eigenvalue weighted by Crippen LogP contribution is -2.35. The van der Waals surface area contributed by atoms with Crippen LogP contribution in [0.4, 0.5) is 24.8 Å². The molecule has 0 fully saturated rings. The Balaban J connectivity index is 3.04. The Labute approximate surface area is 116 Å². The van der Waals surface area contributed by atoms with Gasteiger partial charge in [-0.15, -0.1) is 0 Å². The monoisotopic (exact) mass is 291 g/mol. The number of aliphatic hydroxyl groups is 1. The summed E-state index contributed by atoms with van der Waals surface area (Å²) in [5.74, 6) is -0.135. The molecule has 4 nitrogen and oxygen atoms in total. The van der Waals surface area contributed by atoms with Crippen molar-refractivity contribution in [1.29, 1.82) is 0 Å². The predicted octanol–water partition coefficient (Wildman–Crippen LogP) is 2.89. The molecule has 1 aromatic heterocycles. The molecule has 0 saturated carbocycles. The summed E-state index contributed by atoms with van der Waals surface area (Å²) in [6.45, 7) is 5.72. The first-order chi connectivity index (χ1) is 9.04. The van der Waals surface area contributed by atoms with E-state index in [0.717, 1.165) is 12.1 Å². The molecule has 1 heterocycles. The van der Waals surface area contributed by atoms with Crippen molar-refractivity contribution in [3.05, 3.63) is 17.7 Å². The lowest BCUT2D eigenvalue weighted by atomic mass is 9.85. The van der Waals surface area contributed by atoms with Crippen LogP contribution in [0.1, 0.15) is 32.8 Å². The van der Waals surface area contributed by atoms with Gasteiger partial charge in [-0.25, -0.2) is 4.98 Å². The molecule has 0 radical (unpaired) electrons. The molecule has 0 amide bonds. The van der Waals surface area contributed by atoms with Gasteiger partial charge in [0.1, 0.15) is 11.6 Å². The number of rotatable bonds is 4. The average molecular weight is 291 g/mol. The Hall–Kier alpha value is -1.50. The van der Waals surface area contributed by atoms with Gasteiger partial charge in [-0.3, -0.25) is 0 Å². The van der Waals surface area contributed by atoms with E-state index in [1.807, 2.05) is 20.8 Å². The molecule has 0 aromatic carbocycles. The van der Waals surface area contributed by atoms with Gasteiger partial charge in [-0.05, 0) is 24.0 Å². The smallest absolute Gasteiger partial charge is 0.396 e. The minimum Gasteiger partial charge on any atom is -0.396 e. The van der Waals surface area contributed by atoms with Gasteiger partial charge in [0.25, 0.3) is 0 Å². The standard InChI is InChI=1S/C13H20F3N3O/c1-12(2,3)9(4-5-20)18-11-7-8(13(14,15)16)6-10(17)19-11/h6-7,9,20H,4-5H2,1-3H3,(H3,17,18,19). The molecule has 0 aliphatic rings. The number of alkyl halides is 3. The van der Waals surface area contributed by atoms with Crippen LogP contribution in [-0.4, -0.2) is 22.7 Å². The average Bonchev–Trinajstić information content (AvgIpc) is 2.25. The van der Waals surface area contributed by atoms with Crippen molar-refractivity contribution >= 4 is 11.6 Å².